The summed E-state index contributed by atoms with van der Waals surface area (Å²) in [7, 11) is 3.19. The predicted molar refractivity (Wildman–Crippen MR) is 86.9 cm³/mol. The summed E-state index contributed by atoms with van der Waals surface area (Å²) in [6, 6.07) is 5.55. The zero-order valence-electron chi connectivity index (χ0n) is 13.8. The third-order valence-electron chi connectivity index (χ3n) is 4.05. The van der Waals surface area contributed by atoms with Crippen LogP contribution in [0.25, 0.3) is 0 Å². The minimum absolute atomic E-state index is 0.0559. The summed E-state index contributed by atoms with van der Waals surface area (Å²) < 4.78 is 12.3. The molecule has 0 bridgehead atoms. The molecule has 1 fully saturated rings. The number of methoxy groups -OCH3 is 2. The van der Waals surface area contributed by atoms with Gasteiger partial charge in [0, 0.05) is 38.3 Å². The first-order valence-corrected chi connectivity index (χ1v) is 7.77. The van der Waals surface area contributed by atoms with Gasteiger partial charge in [-0.05, 0) is 17.7 Å². The Bertz CT molecular complexity index is 683. The standard InChI is InChI=1S/C16H21N5O3/c1-23-14-4-3-12(7-15(14)24-2)8-17-16(22)20-9-13(10-20)11-21-6-5-18-19-21/h3-7,13H,8-11H2,1-2H3,(H,17,22). The molecule has 0 spiro atoms. The zero-order chi connectivity index (χ0) is 16.9. The van der Waals surface area contributed by atoms with E-state index in [1.54, 1.807) is 30.0 Å². The summed E-state index contributed by atoms with van der Waals surface area (Å²) >= 11 is 0. The number of nitrogens with one attached hydrogen (secondary N) is 1. The van der Waals surface area contributed by atoms with Gasteiger partial charge < -0.3 is 19.7 Å². The first-order chi connectivity index (χ1) is 11.7. The second kappa shape index (κ2) is 7.20. The van der Waals surface area contributed by atoms with Crippen LogP contribution in [0, 0.1) is 5.92 Å². The van der Waals surface area contributed by atoms with Gasteiger partial charge >= 0.3 is 6.03 Å². The summed E-state index contributed by atoms with van der Waals surface area (Å²) in [6.07, 6.45) is 3.49. The molecule has 24 heavy (non-hydrogen) atoms. The Morgan fingerprint density at radius 1 is 1.29 bits per heavy atom. The van der Waals surface area contributed by atoms with Crippen LogP contribution in [-0.4, -0.2) is 53.2 Å². The SMILES string of the molecule is COc1ccc(CNC(=O)N2CC(Cn3ccnn3)C2)cc1OC. The van der Waals surface area contributed by atoms with Gasteiger partial charge in [-0.25, -0.2) is 4.79 Å². The minimum Gasteiger partial charge on any atom is -0.493 e. The van der Waals surface area contributed by atoms with E-state index in [0.717, 1.165) is 25.2 Å². The molecular formula is C16H21N5O3. The Hall–Kier alpha value is -2.77. The molecule has 2 heterocycles. The van der Waals surface area contributed by atoms with E-state index in [4.69, 9.17) is 9.47 Å². The van der Waals surface area contributed by atoms with Crippen molar-refractivity contribution in [3.8, 4) is 11.5 Å². The maximum absolute atomic E-state index is 12.1. The number of hydrogen-bond donors (Lipinski definition) is 1. The monoisotopic (exact) mass is 331 g/mol. The Kier molecular flexibility index (Phi) is 4.83. The molecule has 0 atom stereocenters. The van der Waals surface area contributed by atoms with Gasteiger partial charge in [-0.1, -0.05) is 11.3 Å². The number of urea groups is 1. The number of carbonyl (C=O) groups is 1. The van der Waals surface area contributed by atoms with Gasteiger partial charge in [0.25, 0.3) is 0 Å². The van der Waals surface area contributed by atoms with E-state index in [1.807, 2.05) is 24.4 Å². The maximum atomic E-state index is 12.1. The normalized spacial score (nSPS) is 14.2. The number of benzene rings is 1. The molecule has 1 aliphatic heterocycles. The molecule has 1 N–H and O–H groups in total. The highest BCUT2D eigenvalue weighted by Gasteiger charge is 2.30. The van der Waals surface area contributed by atoms with Crippen LogP contribution in [0.15, 0.2) is 30.6 Å². The fraction of sp³-hybridized carbons (Fsp3) is 0.438. The van der Waals surface area contributed by atoms with E-state index in [9.17, 15) is 4.79 Å². The first-order valence-electron chi connectivity index (χ1n) is 7.77. The van der Waals surface area contributed by atoms with Crippen LogP contribution in [0.5, 0.6) is 11.5 Å². The topological polar surface area (TPSA) is 81.5 Å². The maximum Gasteiger partial charge on any atom is 0.317 e. The number of nitrogens with zero attached hydrogens (tertiary/aromatic N) is 4. The Morgan fingerprint density at radius 3 is 2.75 bits per heavy atom. The molecule has 1 aromatic carbocycles. The molecule has 1 aromatic heterocycles. The second-order valence-electron chi connectivity index (χ2n) is 5.74. The number of amides is 2. The molecule has 0 saturated carbocycles. The highest BCUT2D eigenvalue weighted by Crippen LogP contribution is 2.27. The molecule has 0 aliphatic carbocycles. The molecule has 0 radical (unpaired) electrons. The van der Waals surface area contributed by atoms with Crippen molar-refractivity contribution in [2.45, 2.75) is 13.1 Å². The van der Waals surface area contributed by atoms with E-state index in [0.29, 0.717) is 24.0 Å². The van der Waals surface area contributed by atoms with Gasteiger partial charge in [0.1, 0.15) is 0 Å². The van der Waals surface area contributed by atoms with E-state index < -0.39 is 0 Å². The molecular weight excluding hydrogens is 310 g/mol. The second-order valence-corrected chi connectivity index (χ2v) is 5.74. The molecule has 1 saturated heterocycles. The van der Waals surface area contributed by atoms with Crippen molar-refractivity contribution in [1.29, 1.82) is 0 Å². The number of likely N-dealkylation sites (tertiary alicyclic amines) is 1. The average molecular weight is 331 g/mol. The lowest BCUT2D eigenvalue weighted by Crippen LogP contribution is -2.54. The molecule has 2 amide bonds. The minimum atomic E-state index is -0.0559. The third-order valence-corrected chi connectivity index (χ3v) is 4.05. The largest absolute Gasteiger partial charge is 0.493 e. The van der Waals surface area contributed by atoms with Gasteiger partial charge in [-0.15, -0.1) is 5.10 Å². The molecule has 128 valence electrons. The van der Waals surface area contributed by atoms with Crippen molar-refractivity contribution in [3.05, 3.63) is 36.2 Å². The molecule has 2 aromatic rings. The molecule has 3 rings (SSSR count). The van der Waals surface area contributed by atoms with Crippen molar-refractivity contribution in [3.63, 3.8) is 0 Å². The van der Waals surface area contributed by atoms with Crippen molar-refractivity contribution in [1.82, 2.24) is 25.2 Å². The number of carbonyl (C=O) groups excluding carboxylic acids is 1. The van der Waals surface area contributed by atoms with Gasteiger partial charge in [0.2, 0.25) is 0 Å². The van der Waals surface area contributed by atoms with Crippen molar-refractivity contribution >= 4 is 6.03 Å². The Balaban J connectivity index is 1.45. The number of ether oxygens (including phenoxy) is 2. The van der Waals surface area contributed by atoms with E-state index in [-0.39, 0.29) is 6.03 Å². The van der Waals surface area contributed by atoms with E-state index in [1.165, 1.54) is 0 Å². The molecule has 1 aliphatic rings. The summed E-state index contributed by atoms with van der Waals surface area (Å²) in [4.78, 5) is 13.9. The van der Waals surface area contributed by atoms with Crippen LogP contribution >= 0.6 is 0 Å². The van der Waals surface area contributed by atoms with Crippen molar-refractivity contribution < 1.29 is 14.3 Å². The number of hydrogen-bond acceptors (Lipinski definition) is 5. The predicted octanol–water partition coefficient (Wildman–Crippen LogP) is 1.14. The van der Waals surface area contributed by atoms with E-state index in [2.05, 4.69) is 15.6 Å². The zero-order valence-corrected chi connectivity index (χ0v) is 13.8. The van der Waals surface area contributed by atoms with Crippen LogP contribution in [0.2, 0.25) is 0 Å². The molecule has 0 unspecified atom stereocenters. The van der Waals surface area contributed by atoms with Gasteiger partial charge in [-0.2, -0.15) is 0 Å². The van der Waals surface area contributed by atoms with Gasteiger partial charge in [0.15, 0.2) is 11.5 Å². The van der Waals surface area contributed by atoms with Crippen LogP contribution in [0.1, 0.15) is 5.56 Å². The summed E-state index contributed by atoms with van der Waals surface area (Å²) in [5, 5.41) is 10.6. The van der Waals surface area contributed by atoms with Crippen molar-refractivity contribution in [2.75, 3.05) is 27.3 Å². The summed E-state index contributed by atoms with van der Waals surface area (Å²) in [5.74, 6) is 1.76. The Labute approximate surface area is 140 Å². The number of aromatic nitrogens is 3. The van der Waals surface area contributed by atoms with Gasteiger partial charge in [0.05, 0.1) is 20.4 Å². The fourth-order valence-electron chi connectivity index (χ4n) is 2.73. The number of rotatable bonds is 6. The average Bonchev–Trinajstić information content (AvgIpc) is 3.08. The smallest absolute Gasteiger partial charge is 0.317 e. The van der Waals surface area contributed by atoms with Crippen LogP contribution in [0.3, 0.4) is 0 Å². The first kappa shape index (κ1) is 16.1. The lowest BCUT2D eigenvalue weighted by atomic mass is 10.0. The lowest BCUT2D eigenvalue weighted by molar-refractivity contribution is 0.107. The summed E-state index contributed by atoms with van der Waals surface area (Å²) in [6.45, 7) is 2.71. The Morgan fingerprint density at radius 2 is 2.08 bits per heavy atom. The van der Waals surface area contributed by atoms with Crippen LogP contribution < -0.4 is 14.8 Å². The third kappa shape index (κ3) is 3.58. The highest BCUT2D eigenvalue weighted by molar-refractivity contribution is 5.75. The summed E-state index contributed by atoms with van der Waals surface area (Å²) in [5.41, 5.74) is 0.959. The quantitative estimate of drug-likeness (QED) is 0.858. The van der Waals surface area contributed by atoms with Crippen LogP contribution in [0.4, 0.5) is 4.79 Å². The van der Waals surface area contributed by atoms with Crippen molar-refractivity contribution in [2.24, 2.45) is 5.92 Å². The lowest BCUT2D eigenvalue weighted by Gasteiger charge is -2.38. The van der Waals surface area contributed by atoms with Gasteiger partial charge in [-0.3, -0.25) is 4.68 Å². The highest BCUT2D eigenvalue weighted by atomic mass is 16.5. The fourth-order valence-corrected chi connectivity index (χ4v) is 2.73. The van der Waals surface area contributed by atoms with Crippen LogP contribution in [-0.2, 0) is 13.1 Å². The molecule has 8 heteroatoms. The molecule has 8 nitrogen and oxygen atoms in total. The van der Waals surface area contributed by atoms with E-state index >= 15 is 0 Å².